The lowest BCUT2D eigenvalue weighted by Gasteiger charge is -2.26. The minimum atomic E-state index is -3.67. The maximum absolute atomic E-state index is 13.3. The van der Waals surface area contributed by atoms with Gasteiger partial charge < -0.3 is 0 Å². The third kappa shape index (κ3) is 2.56. The van der Waals surface area contributed by atoms with Crippen molar-refractivity contribution in [2.24, 2.45) is 5.92 Å². The lowest BCUT2D eigenvalue weighted by molar-refractivity contribution is 0.315. The van der Waals surface area contributed by atoms with Crippen LogP contribution in [0.2, 0.25) is 0 Å². The topological polar surface area (TPSA) is 61.2 Å². The number of nitrogens with zero attached hydrogens (tertiary/aromatic N) is 2. The van der Waals surface area contributed by atoms with Gasteiger partial charge in [-0.25, -0.2) is 12.8 Å². The van der Waals surface area contributed by atoms with Gasteiger partial charge in [0, 0.05) is 12.6 Å². The highest BCUT2D eigenvalue weighted by molar-refractivity contribution is 7.89. The molecular formula is C14H17FN2O2S. The molecule has 0 N–H and O–H groups in total. The Morgan fingerprint density at radius 3 is 2.75 bits per heavy atom. The van der Waals surface area contributed by atoms with Gasteiger partial charge in [0.2, 0.25) is 10.0 Å². The molecule has 1 aromatic carbocycles. The molecule has 20 heavy (non-hydrogen) atoms. The summed E-state index contributed by atoms with van der Waals surface area (Å²) in [7, 11) is -3.67. The van der Waals surface area contributed by atoms with Crippen LogP contribution in [0.5, 0.6) is 0 Å². The van der Waals surface area contributed by atoms with E-state index in [1.165, 1.54) is 10.4 Å². The Labute approximate surface area is 118 Å². The van der Waals surface area contributed by atoms with E-state index in [4.69, 9.17) is 5.26 Å². The number of benzene rings is 1. The van der Waals surface area contributed by atoms with Gasteiger partial charge in [0.15, 0.2) is 0 Å². The predicted molar refractivity (Wildman–Crippen MR) is 72.9 cm³/mol. The van der Waals surface area contributed by atoms with E-state index in [-0.39, 0.29) is 22.4 Å². The monoisotopic (exact) mass is 296 g/mol. The molecule has 1 aromatic rings. The highest BCUT2D eigenvalue weighted by Crippen LogP contribution is 2.30. The maximum Gasteiger partial charge on any atom is 0.243 e. The van der Waals surface area contributed by atoms with Gasteiger partial charge >= 0.3 is 0 Å². The quantitative estimate of drug-likeness (QED) is 0.861. The van der Waals surface area contributed by atoms with Crippen molar-refractivity contribution in [2.75, 3.05) is 6.54 Å². The second-order valence-corrected chi connectivity index (χ2v) is 7.21. The van der Waals surface area contributed by atoms with Gasteiger partial charge in [-0.05, 0) is 37.0 Å². The third-order valence-electron chi connectivity index (χ3n) is 3.68. The first-order chi connectivity index (χ1) is 9.37. The molecular weight excluding hydrogens is 279 g/mol. The molecule has 0 saturated carbocycles. The fraction of sp³-hybridized carbons (Fsp3) is 0.500. The molecule has 1 saturated heterocycles. The highest BCUT2D eigenvalue weighted by Gasteiger charge is 2.36. The van der Waals surface area contributed by atoms with Gasteiger partial charge in [0.1, 0.15) is 11.9 Å². The smallest absolute Gasteiger partial charge is 0.207 e. The summed E-state index contributed by atoms with van der Waals surface area (Å²) in [4.78, 5) is -0.0111. The van der Waals surface area contributed by atoms with Crippen molar-refractivity contribution < 1.29 is 12.8 Å². The lowest BCUT2D eigenvalue weighted by Crippen LogP contribution is -2.38. The molecule has 4 nitrogen and oxygen atoms in total. The Kier molecular flexibility index (Phi) is 4.11. The molecule has 0 amide bonds. The molecule has 0 radical (unpaired) electrons. The predicted octanol–water partition coefficient (Wildman–Crippen LogP) is 2.51. The fourth-order valence-electron chi connectivity index (χ4n) is 2.62. The third-order valence-corrected chi connectivity index (χ3v) is 5.60. The number of rotatable bonds is 3. The lowest BCUT2D eigenvalue weighted by atomic mass is 10.0. The van der Waals surface area contributed by atoms with E-state index in [0.29, 0.717) is 6.54 Å². The van der Waals surface area contributed by atoms with Crippen LogP contribution < -0.4 is 0 Å². The first kappa shape index (κ1) is 14.9. The number of sulfonamides is 1. The highest BCUT2D eigenvalue weighted by atomic mass is 32.2. The maximum atomic E-state index is 13.3. The molecule has 6 heteroatoms. The van der Waals surface area contributed by atoms with E-state index in [1.807, 2.05) is 13.8 Å². The van der Waals surface area contributed by atoms with E-state index in [9.17, 15) is 12.8 Å². The Bertz CT molecular complexity index is 650. The summed E-state index contributed by atoms with van der Waals surface area (Å²) in [5, 5.41) is 8.82. The first-order valence-electron chi connectivity index (χ1n) is 6.59. The second kappa shape index (κ2) is 5.51. The minimum absolute atomic E-state index is 0.0111. The SMILES string of the molecule is CC(C)C1CCCN1S(=O)(=O)c1ccc(F)c(C#N)c1. The molecule has 0 aliphatic carbocycles. The largest absolute Gasteiger partial charge is 0.243 e. The van der Waals surface area contributed by atoms with Gasteiger partial charge in [-0.3, -0.25) is 0 Å². The molecule has 1 heterocycles. The van der Waals surface area contributed by atoms with Gasteiger partial charge in [0.05, 0.1) is 10.5 Å². The number of hydrogen-bond donors (Lipinski definition) is 0. The molecule has 108 valence electrons. The average molecular weight is 296 g/mol. The standard InChI is InChI=1S/C14H17FN2O2S/c1-10(2)14-4-3-7-17(14)20(18,19)12-5-6-13(15)11(8-12)9-16/h5-6,8,10,14H,3-4,7H2,1-2H3. The summed E-state index contributed by atoms with van der Waals surface area (Å²) in [6.45, 7) is 4.46. The molecule has 1 unspecified atom stereocenters. The summed E-state index contributed by atoms with van der Waals surface area (Å²) in [6, 6.07) is 5.01. The molecule has 0 aromatic heterocycles. The van der Waals surface area contributed by atoms with E-state index >= 15 is 0 Å². The van der Waals surface area contributed by atoms with Crippen molar-refractivity contribution in [3.8, 4) is 6.07 Å². The summed E-state index contributed by atoms with van der Waals surface area (Å²) < 4.78 is 40.0. The van der Waals surface area contributed by atoms with Crippen LogP contribution in [-0.4, -0.2) is 25.3 Å². The summed E-state index contributed by atoms with van der Waals surface area (Å²) in [5.74, 6) is -0.476. The summed E-state index contributed by atoms with van der Waals surface area (Å²) >= 11 is 0. The second-order valence-electron chi connectivity index (χ2n) is 5.32. The van der Waals surface area contributed by atoms with Gasteiger partial charge in [-0.2, -0.15) is 9.57 Å². The van der Waals surface area contributed by atoms with Gasteiger partial charge in [-0.15, -0.1) is 0 Å². The van der Waals surface area contributed by atoms with Crippen LogP contribution in [0.15, 0.2) is 23.1 Å². The average Bonchev–Trinajstić information content (AvgIpc) is 2.89. The number of halogens is 1. The van der Waals surface area contributed by atoms with Crippen molar-refractivity contribution in [3.05, 3.63) is 29.6 Å². The zero-order valence-corrected chi connectivity index (χ0v) is 12.3. The van der Waals surface area contributed by atoms with Gasteiger partial charge in [0.25, 0.3) is 0 Å². The van der Waals surface area contributed by atoms with Crippen LogP contribution in [0, 0.1) is 23.1 Å². The van der Waals surface area contributed by atoms with Crippen molar-refractivity contribution >= 4 is 10.0 Å². The van der Waals surface area contributed by atoms with E-state index in [0.717, 1.165) is 25.0 Å². The zero-order valence-electron chi connectivity index (χ0n) is 11.5. The molecule has 1 aliphatic rings. The Morgan fingerprint density at radius 2 is 2.15 bits per heavy atom. The van der Waals surface area contributed by atoms with Crippen LogP contribution in [0.1, 0.15) is 32.3 Å². The van der Waals surface area contributed by atoms with Crippen molar-refractivity contribution in [1.29, 1.82) is 5.26 Å². The normalized spacial score (nSPS) is 20.2. The molecule has 0 bridgehead atoms. The molecule has 1 atom stereocenters. The Hall–Kier alpha value is -1.45. The summed E-state index contributed by atoms with van der Waals surface area (Å²) in [6.07, 6.45) is 1.66. The Balaban J connectivity index is 2.43. The van der Waals surface area contributed by atoms with E-state index in [1.54, 1.807) is 6.07 Å². The van der Waals surface area contributed by atoms with Crippen molar-refractivity contribution in [3.63, 3.8) is 0 Å². The van der Waals surface area contributed by atoms with Gasteiger partial charge in [-0.1, -0.05) is 13.8 Å². The number of nitriles is 1. The molecule has 2 rings (SSSR count). The van der Waals surface area contributed by atoms with E-state index in [2.05, 4.69) is 0 Å². The minimum Gasteiger partial charge on any atom is -0.207 e. The summed E-state index contributed by atoms with van der Waals surface area (Å²) in [5.41, 5.74) is -0.244. The van der Waals surface area contributed by atoms with Crippen LogP contribution in [-0.2, 0) is 10.0 Å². The number of hydrogen-bond acceptors (Lipinski definition) is 3. The zero-order chi connectivity index (χ0) is 14.9. The molecule has 1 aliphatic heterocycles. The van der Waals surface area contributed by atoms with Crippen molar-refractivity contribution in [1.82, 2.24) is 4.31 Å². The fourth-order valence-corrected chi connectivity index (χ4v) is 4.47. The molecule has 1 fully saturated rings. The van der Waals surface area contributed by atoms with Crippen LogP contribution in [0.25, 0.3) is 0 Å². The van der Waals surface area contributed by atoms with Crippen LogP contribution in [0.4, 0.5) is 4.39 Å². The van der Waals surface area contributed by atoms with Crippen molar-refractivity contribution in [2.45, 2.75) is 37.6 Å². The van der Waals surface area contributed by atoms with E-state index < -0.39 is 15.8 Å². The molecule has 0 spiro atoms. The first-order valence-corrected chi connectivity index (χ1v) is 8.03. The van der Waals surface area contributed by atoms with Crippen LogP contribution in [0.3, 0.4) is 0 Å². The Morgan fingerprint density at radius 1 is 1.45 bits per heavy atom. The van der Waals surface area contributed by atoms with Crippen LogP contribution >= 0.6 is 0 Å².